The first kappa shape index (κ1) is 15.5. The van der Waals surface area contributed by atoms with E-state index < -0.39 is 4.92 Å². The summed E-state index contributed by atoms with van der Waals surface area (Å²) in [6.07, 6.45) is 2.21. The van der Waals surface area contributed by atoms with Crippen molar-refractivity contribution in [3.05, 3.63) is 38.8 Å². The molecule has 1 fully saturated rings. The van der Waals surface area contributed by atoms with E-state index in [1.54, 1.807) is 11.6 Å². The van der Waals surface area contributed by atoms with E-state index in [2.05, 4.69) is 4.98 Å². The number of nitro groups is 1. The molecule has 0 aliphatic carbocycles. The number of hydrogen-bond donors (Lipinski definition) is 0. The first-order valence-electron chi connectivity index (χ1n) is 7.30. The van der Waals surface area contributed by atoms with Crippen molar-refractivity contribution in [3.63, 3.8) is 0 Å². The van der Waals surface area contributed by atoms with E-state index in [0.717, 1.165) is 6.42 Å². The lowest BCUT2D eigenvalue weighted by molar-refractivity contribution is -0.388. The maximum Gasteiger partial charge on any atom is 0.406 e. The number of thiophene rings is 1. The normalized spacial score (nSPS) is 15.5. The lowest BCUT2D eigenvalue weighted by Gasteiger charge is -2.22. The molecule has 1 aliphatic heterocycles. The van der Waals surface area contributed by atoms with Gasteiger partial charge in [-0.3, -0.25) is 9.36 Å². The van der Waals surface area contributed by atoms with Crippen LogP contribution in [0.3, 0.4) is 0 Å². The highest BCUT2D eigenvalue weighted by Gasteiger charge is 2.28. The number of rotatable bonds is 3. The van der Waals surface area contributed by atoms with Crippen molar-refractivity contribution in [3.8, 4) is 0 Å². The summed E-state index contributed by atoms with van der Waals surface area (Å²) in [6, 6.07) is 1.82. The molecule has 9 heteroatoms. The molecule has 122 valence electrons. The number of aromatic nitrogens is 2. The lowest BCUT2D eigenvalue weighted by Crippen LogP contribution is -2.35. The fourth-order valence-corrected chi connectivity index (χ4v) is 3.44. The summed E-state index contributed by atoms with van der Waals surface area (Å²) < 4.78 is 1.66. The highest BCUT2D eigenvalue weighted by Crippen LogP contribution is 2.27. The van der Waals surface area contributed by atoms with Crippen molar-refractivity contribution in [1.29, 1.82) is 0 Å². The molecule has 3 rings (SSSR count). The molecular formula is C14H17N5O3S. The van der Waals surface area contributed by atoms with E-state index in [1.165, 1.54) is 17.7 Å². The Morgan fingerprint density at radius 1 is 1.35 bits per heavy atom. The van der Waals surface area contributed by atoms with Crippen molar-refractivity contribution in [1.82, 2.24) is 14.5 Å². The van der Waals surface area contributed by atoms with Crippen LogP contribution in [0.1, 0.15) is 16.8 Å². The number of carbonyl (C=O) groups excluding carboxylic acids is 1. The fourth-order valence-electron chi connectivity index (χ4n) is 2.81. The predicted molar refractivity (Wildman–Crippen MR) is 86.9 cm³/mol. The van der Waals surface area contributed by atoms with E-state index in [1.807, 2.05) is 26.6 Å². The topological polar surface area (TPSA) is 84.5 Å². The smallest absolute Gasteiger partial charge is 0.358 e. The number of carbonyl (C=O) groups is 1. The summed E-state index contributed by atoms with van der Waals surface area (Å²) >= 11 is 1.50. The van der Waals surface area contributed by atoms with Crippen molar-refractivity contribution in [2.45, 2.75) is 6.42 Å². The first-order chi connectivity index (χ1) is 11.1. The molecule has 23 heavy (non-hydrogen) atoms. The van der Waals surface area contributed by atoms with Crippen molar-refractivity contribution in [2.75, 3.05) is 31.1 Å². The molecule has 0 radical (unpaired) electrons. The van der Waals surface area contributed by atoms with Crippen LogP contribution < -0.4 is 4.90 Å². The Labute approximate surface area is 137 Å². The number of aryl methyl sites for hydroxylation is 1. The Morgan fingerprint density at radius 3 is 2.87 bits per heavy atom. The van der Waals surface area contributed by atoms with Crippen LogP contribution >= 0.6 is 11.3 Å². The van der Waals surface area contributed by atoms with Crippen LogP contribution in [-0.4, -0.2) is 51.5 Å². The molecule has 2 aromatic rings. The zero-order valence-corrected chi connectivity index (χ0v) is 13.5. The van der Waals surface area contributed by atoms with Gasteiger partial charge >= 0.3 is 5.82 Å². The van der Waals surface area contributed by atoms with Crippen molar-refractivity contribution >= 4 is 28.9 Å². The Morgan fingerprint density at radius 2 is 2.17 bits per heavy atom. The predicted octanol–water partition coefficient (Wildman–Crippen LogP) is 1.74. The highest BCUT2D eigenvalue weighted by atomic mass is 32.1. The van der Waals surface area contributed by atoms with Gasteiger partial charge in [0.15, 0.2) is 0 Å². The van der Waals surface area contributed by atoms with Crippen LogP contribution in [0.5, 0.6) is 0 Å². The minimum atomic E-state index is -0.464. The average molecular weight is 335 g/mol. The number of amides is 1. The molecule has 2 aromatic heterocycles. The van der Waals surface area contributed by atoms with Gasteiger partial charge in [0.1, 0.15) is 0 Å². The van der Waals surface area contributed by atoms with Gasteiger partial charge in [0.2, 0.25) is 12.1 Å². The van der Waals surface area contributed by atoms with Crippen LogP contribution in [0.15, 0.2) is 23.2 Å². The summed E-state index contributed by atoms with van der Waals surface area (Å²) in [5.74, 6) is 0.387. The van der Waals surface area contributed by atoms with E-state index in [0.29, 0.717) is 37.6 Å². The highest BCUT2D eigenvalue weighted by molar-refractivity contribution is 7.08. The molecule has 0 spiro atoms. The molecule has 0 bridgehead atoms. The van der Waals surface area contributed by atoms with Gasteiger partial charge in [-0.25, -0.2) is 0 Å². The fraction of sp³-hybridized carbons (Fsp3) is 0.429. The number of anilines is 1. The Kier molecular flexibility index (Phi) is 4.28. The molecular weight excluding hydrogens is 318 g/mol. The molecule has 0 aromatic carbocycles. The molecule has 0 saturated carbocycles. The van der Waals surface area contributed by atoms with Gasteiger partial charge in [-0.15, -0.1) is 0 Å². The third-order valence-corrected chi connectivity index (χ3v) is 4.59. The molecule has 1 saturated heterocycles. The number of hydrogen-bond acceptors (Lipinski definition) is 6. The maximum absolute atomic E-state index is 12.4. The second kappa shape index (κ2) is 6.37. The number of imidazole rings is 1. The summed E-state index contributed by atoms with van der Waals surface area (Å²) in [6.45, 7) is 2.40. The Hall–Kier alpha value is -2.42. The van der Waals surface area contributed by atoms with E-state index in [-0.39, 0.29) is 11.7 Å². The summed E-state index contributed by atoms with van der Waals surface area (Å²) in [7, 11) is 1.74. The quantitative estimate of drug-likeness (QED) is 0.630. The van der Waals surface area contributed by atoms with Gasteiger partial charge in [0, 0.05) is 38.6 Å². The molecule has 1 amide bonds. The van der Waals surface area contributed by atoms with Crippen molar-refractivity contribution < 1.29 is 9.72 Å². The van der Waals surface area contributed by atoms with Gasteiger partial charge in [-0.2, -0.15) is 11.3 Å². The van der Waals surface area contributed by atoms with Crippen LogP contribution in [0.4, 0.5) is 11.6 Å². The standard InChI is InChI=1S/C14H17N5O3S/c1-16-10-15-12(19(21)22)13(16)17-4-2-5-18(7-6-17)14(20)11-3-8-23-9-11/h3,8-10H,2,4-7H2,1H3. The molecule has 1 aliphatic rings. The van der Waals surface area contributed by atoms with Crippen LogP contribution in [0, 0.1) is 10.1 Å². The lowest BCUT2D eigenvalue weighted by atomic mass is 10.3. The zero-order chi connectivity index (χ0) is 16.4. The van der Waals surface area contributed by atoms with Crippen LogP contribution in [0.2, 0.25) is 0 Å². The minimum Gasteiger partial charge on any atom is -0.358 e. The summed E-state index contributed by atoms with van der Waals surface area (Å²) in [4.78, 5) is 30.7. The average Bonchev–Trinajstić information content (AvgIpc) is 3.12. The number of nitrogens with zero attached hydrogens (tertiary/aromatic N) is 5. The summed E-state index contributed by atoms with van der Waals surface area (Å²) in [5, 5.41) is 14.9. The Bertz CT molecular complexity index is 712. The maximum atomic E-state index is 12.4. The van der Waals surface area contributed by atoms with Crippen LogP contribution in [0.25, 0.3) is 0 Å². The first-order valence-corrected chi connectivity index (χ1v) is 8.24. The van der Waals surface area contributed by atoms with Gasteiger partial charge < -0.3 is 19.9 Å². The monoisotopic (exact) mass is 335 g/mol. The van der Waals surface area contributed by atoms with Crippen molar-refractivity contribution in [2.24, 2.45) is 7.05 Å². The molecule has 0 unspecified atom stereocenters. The molecule has 0 N–H and O–H groups in total. The minimum absolute atomic E-state index is 0.0209. The third kappa shape index (κ3) is 3.04. The van der Waals surface area contributed by atoms with Gasteiger partial charge in [-0.05, 0) is 27.8 Å². The van der Waals surface area contributed by atoms with Crippen LogP contribution in [-0.2, 0) is 7.05 Å². The molecule has 3 heterocycles. The zero-order valence-electron chi connectivity index (χ0n) is 12.7. The van der Waals surface area contributed by atoms with Gasteiger partial charge in [-0.1, -0.05) is 0 Å². The second-order valence-electron chi connectivity index (χ2n) is 5.40. The summed E-state index contributed by atoms with van der Waals surface area (Å²) in [5.41, 5.74) is 0.704. The Balaban J connectivity index is 1.75. The second-order valence-corrected chi connectivity index (χ2v) is 6.18. The van der Waals surface area contributed by atoms with Gasteiger partial charge in [0.25, 0.3) is 5.91 Å². The van der Waals surface area contributed by atoms with E-state index in [4.69, 9.17) is 0 Å². The molecule has 8 nitrogen and oxygen atoms in total. The SMILES string of the molecule is Cn1cnc([N+](=O)[O-])c1N1CCCN(C(=O)c2ccsc2)CC1. The van der Waals surface area contributed by atoms with E-state index >= 15 is 0 Å². The van der Waals surface area contributed by atoms with Gasteiger partial charge in [0.05, 0.1) is 5.56 Å². The third-order valence-electron chi connectivity index (χ3n) is 3.91. The van der Waals surface area contributed by atoms with E-state index in [9.17, 15) is 14.9 Å². The molecule has 0 atom stereocenters. The largest absolute Gasteiger partial charge is 0.406 e.